The van der Waals surface area contributed by atoms with Gasteiger partial charge in [-0.3, -0.25) is 0 Å². The van der Waals surface area contributed by atoms with Crippen LogP contribution in [0.3, 0.4) is 0 Å². The first-order valence-corrected chi connectivity index (χ1v) is 8.40. The summed E-state index contributed by atoms with van der Waals surface area (Å²) in [7, 11) is 0. The van der Waals surface area contributed by atoms with Gasteiger partial charge in [0.05, 0.1) is 5.02 Å². The van der Waals surface area contributed by atoms with Crippen LogP contribution >= 0.6 is 11.6 Å². The zero-order valence-corrected chi connectivity index (χ0v) is 14.6. The Morgan fingerprint density at radius 3 is 2.71 bits per heavy atom. The minimum absolute atomic E-state index is 0.465. The van der Waals surface area contributed by atoms with Crippen molar-refractivity contribution in [3.63, 3.8) is 0 Å². The Hall–Kier alpha value is -0.800. The van der Waals surface area contributed by atoms with Crippen LogP contribution in [-0.4, -0.2) is 23.6 Å². The van der Waals surface area contributed by atoms with Crippen LogP contribution in [0.25, 0.3) is 0 Å². The highest BCUT2D eigenvalue weighted by Crippen LogP contribution is 2.34. The maximum atomic E-state index is 6.51. The van der Waals surface area contributed by atoms with Gasteiger partial charge in [-0.2, -0.15) is 0 Å². The third kappa shape index (κ3) is 4.10. The average Bonchev–Trinajstić information content (AvgIpc) is 2.41. The molecule has 3 unspecified atom stereocenters. The highest BCUT2D eigenvalue weighted by molar-refractivity contribution is 6.33. The summed E-state index contributed by atoms with van der Waals surface area (Å²) >= 11 is 6.51. The van der Waals surface area contributed by atoms with E-state index in [1.54, 1.807) is 0 Å². The molecule has 0 saturated carbocycles. The molecule has 1 aromatic rings. The van der Waals surface area contributed by atoms with Crippen molar-refractivity contribution >= 4 is 17.4 Å². The topological polar surface area (TPSA) is 28.2 Å². The molecular formula is C17H28ClN3. The van der Waals surface area contributed by atoms with Gasteiger partial charge in [-0.15, -0.1) is 0 Å². The molecule has 3 atom stereocenters. The summed E-state index contributed by atoms with van der Waals surface area (Å²) in [6.07, 6.45) is 3.24. The lowest BCUT2D eigenvalue weighted by Crippen LogP contribution is -2.46. The van der Waals surface area contributed by atoms with E-state index in [0.717, 1.165) is 29.5 Å². The van der Waals surface area contributed by atoms with E-state index in [0.29, 0.717) is 23.9 Å². The van der Waals surface area contributed by atoms with Gasteiger partial charge < -0.3 is 10.2 Å². The van der Waals surface area contributed by atoms with Gasteiger partial charge in [0.15, 0.2) is 0 Å². The number of hydrogen-bond acceptors (Lipinski definition) is 3. The second-order valence-electron chi connectivity index (χ2n) is 6.90. The molecule has 1 aliphatic heterocycles. The van der Waals surface area contributed by atoms with Crippen molar-refractivity contribution in [2.45, 2.75) is 59.7 Å². The van der Waals surface area contributed by atoms with E-state index in [9.17, 15) is 0 Å². The van der Waals surface area contributed by atoms with E-state index in [4.69, 9.17) is 11.6 Å². The number of pyridine rings is 1. The number of aromatic nitrogens is 1. The minimum Gasteiger partial charge on any atom is -0.352 e. The molecule has 3 nitrogen and oxygen atoms in total. The van der Waals surface area contributed by atoms with Crippen LogP contribution in [0.2, 0.25) is 5.02 Å². The molecule has 1 aromatic heterocycles. The highest BCUT2D eigenvalue weighted by Gasteiger charge is 2.30. The van der Waals surface area contributed by atoms with Gasteiger partial charge in [-0.05, 0) is 36.8 Å². The molecule has 4 heteroatoms. The van der Waals surface area contributed by atoms with Gasteiger partial charge in [0.1, 0.15) is 5.82 Å². The number of anilines is 1. The van der Waals surface area contributed by atoms with E-state index in [2.05, 4.69) is 55.9 Å². The first-order valence-electron chi connectivity index (χ1n) is 8.03. The molecule has 1 aliphatic rings. The zero-order valence-electron chi connectivity index (χ0n) is 13.9. The maximum Gasteiger partial charge on any atom is 0.147 e. The fraction of sp³-hybridized carbons (Fsp3) is 0.706. The second-order valence-corrected chi connectivity index (χ2v) is 7.30. The molecule has 0 radical (unpaired) electrons. The Balaban J connectivity index is 2.16. The summed E-state index contributed by atoms with van der Waals surface area (Å²) in [5.74, 6) is 2.31. The van der Waals surface area contributed by atoms with E-state index >= 15 is 0 Å². The van der Waals surface area contributed by atoms with Gasteiger partial charge >= 0.3 is 0 Å². The lowest BCUT2D eigenvalue weighted by atomic mass is 9.86. The quantitative estimate of drug-likeness (QED) is 0.907. The Labute approximate surface area is 134 Å². The average molecular weight is 310 g/mol. The SMILES string of the molecule is CC1CC(C)C(C)N(c2ncc(CNC(C)C)cc2Cl)C1. The molecule has 0 amide bonds. The first kappa shape index (κ1) is 16.6. The van der Waals surface area contributed by atoms with Gasteiger partial charge in [0, 0.05) is 31.4 Å². The van der Waals surface area contributed by atoms with Crippen molar-refractivity contribution < 1.29 is 0 Å². The van der Waals surface area contributed by atoms with Gasteiger partial charge in [-0.25, -0.2) is 4.98 Å². The molecular weight excluding hydrogens is 282 g/mol. The first-order chi connectivity index (χ1) is 9.88. The van der Waals surface area contributed by atoms with Crippen molar-refractivity contribution in [2.24, 2.45) is 11.8 Å². The second kappa shape index (κ2) is 6.97. The lowest BCUT2D eigenvalue weighted by Gasteiger charge is -2.42. The van der Waals surface area contributed by atoms with E-state index < -0.39 is 0 Å². The van der Waals surface area contributed by atoms with Crippen molar-refractivity contribution in [3.8, 4) is 0 Å². The van der Waals surface area contributed by atoms with E-state index in [-0.39, 0.29) is 0 Å². The standard InChI is InChI=1S/C17H28ClN3/c1-11(2)19-8-15-7-16(18)17(20-9-15)21-10-12(3)6-13(4)14(21)5/h7,9,11-14,19H,6,8,10H2,1-5H3. The Morgan fingerprint density at radius 2 is 2.10 bits per heavy atom. The normalized spacial score (nSPS) is 26.4. The number of hydrogen-bond donors (Lipinski definition) is 1. The van der Waals surface area contributed by atoms with E-state index in [1.807, 2.05) is 6.20 Å². The summed E-state index contributed by atoms with van der Waals surface area (Å²) in [4.78, 5) is 7.03. The number of nitrogens with one attached hydrogen (secondary N) is 1. The predicted molar refractivity (Wildman–Crippen MR) is 91.0 cm³/mol. The number of piperidine rings is 1. The number of rotatable bonds is 4. The Morgan fingerprint density at radius 1 is 1.38 bits per heavy atom. The van der Waals surface area contributed by atoms with Crippen LogP contribution in [-0.2, 0) is 6.54 Å². The third-order valence-corrected chi connectivity index (χ3v) is 4.74. The third-order valence-electron chi connectivity index (χ3n) is 4.46. The van der Waals surface area contributed by atoms with Crippen LogP contribution in [0.15, 0.2) is 12.3 Å². The fourth-order valence-corrected chi connectivity index (χ4v) is 3.39. The number of nitrogens with zero attached hydrogens (tertiary/aromatic N) is 2. The van der Waals surface area contributed by atoms with Crippen molar-refractivity contribution in [3.05, 3.63) is 22.8 Å². The Kier molecular flexibility index (Phi) is 5.50. The summed E-state index contributed by atoms with van der Waals surface area (Å²) in [5, 5.41) is 4.17. The highest BCUT2D eigenvalue weighted by atomic mass is 35.5. The van der Waals surface area contributed by atoms with Crippen molar-refractivity contribution in [1.82, 2.24) is 10.3 Å². The molecule has 1 N–H and O–H groups in total. The van der Waals surface area contributed by atoms with Crippen LogP contribution in [0, 0.1) is 11.8 Å². The van der Waals surface area contributed by atoms with Gasteiger partial charge in [0.25, 0.3) is 0 Å². The van der Waals surface area contributed by atoms with Gasteiger partial charge in [0.2, 0.25) is 0 Å². The summed E-state index contributed by atoms with van der Waals surface area (Å²) < 4.78 is 0. The molecule has 2 rings (SSSR count). The lowest BCUT2D eigenvalue weighted by molar-refractivity contribution is 0.295. The van der Waals surface area contributed by atoms with Crippen molar-refractivity contribution in [1.29, 1.82) is 0 Å². The van der Waals surface area contributed by atoms with Crippen LogP contribution in [0.5, 0.6) is 0 Å². The van der Waals surface area contributed by atoms with E-state index in [1.165, 1.54) is 6.42 Å². The van der Waals surface area contributed by atoms with Crippen LogP contribution in [0.1, 0.15) is 46.6 Å². The minimum atomic E-state index is 0.465. The monoisotopic (exact) mass is 309 g/mol. The van der Waals surface area contributed by atoms with Crippen molar-refractivity contribution in [2.75, 3.05) is 11.4 Å². The molecule has 0 aromatic carbocycles. The maximum absolute atomic E-state index is 6.51. The summed E-state index contributed by atoms with van der Waals surface area (Å²) in [6, 6.07) is 3.01. The zero-order chi connectivity index (χ0) is 15.6. The number of halogens is 1. The summed E-state index contributed by atoms with van der Waals surface area (Å²) in [5.41, 5.74) is 1.14. The molecule has 0 bridgehead atoms. The molecule has 1 fully saturated rings. The van der Waals surface area contributed by atoms with Crippen LogP contribution in [0.4, 0.5) is 5.82 Å². The molecule has 2 heterocycles. The fourth-order valence-electron chi connectivity index (χ4n) is 3.10. The molecule has 118 valence electrons. The molecule has 0 aliphatic carbocycles. The largest absolute Gasteiger partial charge is 0.352 e. The molecule has 21 heavy (non-hydrogen) atoms. The summed E-state index contributed by atoms with van der Waals surface area (Å²) in [6.45, 7) is 13.0. The van der Waals surface area contributed by atoms with Gasteiger partial charge in [-0.1, -0.05) is 39.3 Å². The molecule has 1 saturated heterocycles. The Bertz CT molecular complexity index is 475. The van der Waals surface area contributed by atoms with Crippen LogP contribution < -0.4 is 10.2 Å². The smallest absolute Gasteiger partial charge is 0.147 e. The molecule has 0 spiro atoms. The predicted octanol–water partition coefficient (Wildman–Crippen LogP) is 4.10.